The van der Waals surface area contributed by atoms with Gasteiger partial charge in [-0.2, -0.15) is 0 Å². The number of hydrogen-bond donors (Lipinski definition) is 1. The van der Waals surface area contributed by atoms with Crippen molar-refractivity contribution in [3.63, 3.8) is 0 Å². The topological polar surface area (TPSA) is 38.6 Å². The number of fused-ring (bicyclic) bond motifs is 3. The molecule has 3 atom stereocenters. The lowest BCUT2D eigenvalue weighted by molar-refractivity contribution is 0.0972. The quantitative estimate of drug-likeness (QED) is 0.940. The van der Waals surface area contributed by atoms with Crippen molar-refractivity contribution in [2.75, 3.05) is 0 Å². The second-order valence-electron chi connectivity index (χ2n) is 6.37. The molecule has 2 bridgehead atoms. The molecule has 5 heteroatoms. The van der Waals surface area contributed by atoms with E-state index in [0.29, 0.717) is 18.2 Å². The Morgan fingerprint density at radius 3 is 3.05 bits per heavy atom. The molecule has 0 radical (unpaired) electrons. The fourth-order valence-corrected chi connectivity index (χ4v) is 4.53. The van der Waals surface area contributed by atoms with Crippen LogP contribution < -0.4 is 5.32 Å². The van der Waals surface area contributed by atoms with Crippen LogP contribution in [0.1, 0.15) is 49.4 Å². The van der Waals surface area contributed by atoms with Crippen LogP contribution in [0.15, 0.2) is 11.6 Å². The Labute approximate surface area is 122 Å². The fraction of sp³-hybridized carbons (Fsp3) is 0.667. The van der Waals surface area contributed by atoms with Gasteiger partial charge in [-0.3, -0.25) is 4.40 Å². The summed E-state index contributed by atoms with van der Waals surface area (Å²) in [6.07, 6.45) is 9.45. The molecular formula is C15H19N3OS. The standard InChI is InChI=1S/C15H19N3OS/c1-2-9(1)14-12(18-5-6-20-15(18)17-14)8-16-11-7-10-3-4-13(11)19-10/h5-6,9-11,13,16H,1-4,7-8H2/t10-,11-,13-/m1/s1. The van der Waals surface area contributed by atoms with Gasteiger partial charge in [-0.15, -0.1) is 11.3 Å². The van der Waals surface area contributed by atoms with Crippen molar-refractivity contribution in [3.05, 3.63) is 23.0 Å². The highest BCUT2D eigenvalue weighted by Crippen LogP contribution is 2.42. The van der Waals surface area contributed by atoms with Crippen molar-refractivity contribution in [1.29, 1.82) is 0 Å². The SMILES string of the molecule is c1cn2c(CN[C@@H]3C[C@H]4CC[C@H]3O4)c(C3CC3)nc2s1. The number of rotatable bonds is 4. The summed E-state index contributed by atoms with van der Waals surface area (Å²) in [5.74, 6) is 0.718. The van der Waals surface area contributed by atoms with Crippen LogP contribution in [0.3, 0.4) is 0 Å². The van der Waals surface area contributed by atoms with Crippen molar-refractivity contribution >= 4 is 16.3 Å². The van der Waals surface area contributed by atoms with Gasteiger partial charge in [0.25, 0.3) is 0 Å². The molecule has 1 aliphatic carbocycles. The summed E-state index contributed by atoms with van der Waals surface area (Å²) in [6.45, 7) is 0.932. The van der Waals surface area contributed by atoms with Gasteiger partial charge in [0.15, 0.2) is 4.96 Å². The fourth-order valence-electron chi connectivity index (χ4n) is 3.79. The van der Waals surface area contributed by atoms with Crippen molar-refractivity contribution in [2.45, 2.75) is 62.8 Å². The third-order valence-corrected chi connectivity index (χ3v) is 5.75. The third-order valence-electron chi connectivity index (χ3n) is 4.99. The van der Waals surface area contributed by atoms with Crippen molar-refractivity contribution in [1.82, 2.24) is 14.7 Å². The number of nitrogens with zero attached hydrogens (tertiary/aromatic N) is 2. The largest absolute Gasteiger partial charge is 0.373 e. The van der Waals surface area contributed by atoms with Gasteiger partial charge in [0.2, 0.25) is 0 Å². The van der Waals surface area contributed by atoms with E-state index in [1.165, 1.54) is 43.5 Å². The molecule has 1 saturated carbocycles. The number of hydrogen-bond acceptors (Lipinski definition) is 4. The van der Waals surface area contributed by atoms with Gasteiger partial charge in [-0.05, 0) is 32.1 Å². The first kappa shape index (κ1) is 11.7. The Balaban J connectivity index is 1.39. The molecule has 3 aliphatic rings. The first-order valence-corrected chi connectivity index (χ1v) is 8.59. The maximum atomic E-state index is 5.93. The summed E-state index contributed by atoms with van der Waals surface area (Å²) in [5.41, 5.74) is 2.72. The summed E-state index contributed by atoms with van der Waals surface area (Å²) >= 11 is 1.74. The lowest BCUT2D eigenvalue weighted by Crippen LogP contribution is -2.37. The zero-order valence-corrected chi connectivity index (χ0v) is 12.2. The first-order chi connectivity index (χ1) is 9.88. The van der Waals surface area contributed by atoms with Crippen LogP contribution in [0.2, 0.25) is 0 Å². The predicted molar refractivity (Wildman–Crippen MR) is 78.2 cm³/mol. The Kier molecular flexibility index (Phi) is 2.51. The molecule has 0 unspecified atom stereocenters. The van der Waals surface area contributed by atoms with Crippen LogP contribution in [0.25, 0.3) is 4.96 Å². The van der Waals surface area contributed by atoms with E-state index in [1.807, 2.05) is 0 Å². The van der Waals surface area contributed by atoms with E-state index in [1.54, 1.807) is 11.3 Å². The monoisotopic (exact) mass is 289 g/mol. The Morgan fingerprint density at radius 1 is 1.35 bits per heavy atom. The second-order valence-corrected chi connectivity index (χ2v) is 7.24. The van der Waals surface area contributed by atoms with Crippen LogP contribution in [-0.2, 0) is 11.3 Å². The molecule has 2 aliphatic heterocycles. The predicted octanol–water partition coefficient (Wildman–Crippen LogP) is 2.68. The first-order valence-electron chi connectivity index (χ1n) is 7.71. The van der Waals surface area contributed by atoms with Gasteiger partial charge in [-0.25, -0.2) is 4.98 Å². The number of imidazole rings is 1. The Bertz CT molecular complexity index is 645. The van der Waals surface area contributed by atoms with E-state index >= 15 is 0 Å². The number of ether oxygens (including phenoxy) is 1. The van der Waals surface area contributed by atoms with Gasteiger partial charge >= 0.3 is 0 Å². The Morgan fingerprint density at radius 2 is 2.30 bits per heavy atom. The molecule has 5 rings (SSSR count). The van der Waals surface area contributed by atoms with E-state index in [2.05, 4.69) is 21.3 Å². The minimum atomic E-state index is 0.454. The molecule has 2 aromatic rings. The smallest absolute Gasteiger partial charge is 0.194 e. The van der Waals surface area contributed by atoms with Crippen molar-refractivity contribution in [3.8, 4) is 0 Å². The third kappa shape index (κ3) is 1.76. The van der Waals surface area contributed by atoms with E-state index in [4.69, 9.17) is 9.72 Å². The molecule has 20 heavy (non-hydrogen) atoms. The summed E-state index contributed by atoms with van der Waals surface area (Å²) in [5, 5.41) is 5.87. The average molecular weight is 289 g/mol. The lowest BCUT2D eigenvalue weighted by Gasteiger charge is -2.20. The van der Waals surface area contributed by atoms with E-state index < -0.39 is 0 Å². The molecule has 3 fully saturated rings. The summed E-state index contributed by atoms with van der Waals surface area (Å²) < 4.78 is 8.21. The Hall–Kier alpha value is -0.910. The van der Waals surface area contributed by atoms with Crippen molar-refractivity contribution in [2.24, 2.45) is 0 Å². The molecule has 2 aromatic heterocycles. The van der Waals surface area contributed by atoms with Crippen LogP contribution in [0.5, 0.6) is 0 Å². The van der Waals surface area contributed by atoms with Gasteiger partial charge in [-0.1, -0.05) is 0 Å². The zero-order valence-electron chi connectivity index (χ0n) is 11.4. The van der Waals surface area contributed by atoms with Crippen LogP contribution in [0.4, 0.5) is 0 Å². The maximum Gasteiger partial charge on any atom is 0.194 e. The second kappa shape index (κ2) is 4.29. The lowest BCUT2D eigenvalue weighted by atomic mass is 9.95. The maximum absolute atomic E-state index is 5.93. The molecule has 4 nitrogen and oxygen atoms in total. The molecule has 2 saturated heterocycles. The number of thiazole rings is 1. The molecule has 4 heterocycles. The van der Waals surface area contributed by atoms with E-state index in [9.17, 15) is 0 Å². The normalized spacial score (nSPS) is 32.5. The highest BCUT2D eigenvalue weighted by molar-refractivity contribution is 7.15. The van der Waals surface area contributed by atoms with E-state index in [-0.39, 0.29) is 0 Å². The minimum absolute atomic E-state index is 0.454. The molecule has 0 aromatic carbocycles. The van der Waals surface area contributed by atoms with Crippen LogP contribution in [-0.4, -0.2) is 27.6 Å². The number of aromatic nitrogens is 2. The molecule has 1 N–H and O–H groups in total. The summed E-state index contributed by atoms with van der Waals surface area (Å²) in [6, 6.07) is 0.546. The zero-order chi connectivity index (χ0) is 13.1. The van der Waals surface area contributed by atoms with Gasteiger partial charge in [0, 0.05) is 30.1 Å². The van der Waals surface area contributed by atoms with Crippen LogP contribution in [0, 0.1) is 0 Å². The number of nitrogens with one attached hydrogen (secondary N) is 1. The molecule has 0 spiro atoms. The van der Waals surface area contributed by atoms with Crippen LogP contribution >= 0.6 is 11.3 Å². The summed E-state index contributed by atoms with van der Waals surface area (Å²) in [7, 11) is 0. The molecular weight excluding hydrogens is 270 g/mol. The highest BCUT2D eigenvalue weighted by Gasteiger charge is 2.40. The van der Waals surface area contributed by atoms with Crippen molar-refractivity contribution < 1.29 is 4.74 Å². The van der Waals surface area contributed by atoms with Gasteiger partial charge < -0.3 is 10.1 Å². The highest BCUT2D eigenvalue weighted by atomic mass is 32.1. The average Bonchev–Trinajstić information content (AvgIpc) is 2.84. The van der Waals surface area contributed by atoms with Gasteiger partial charge in [0.1, 0.15) is 0 Å². The molecule has 0 amide bonds. The summed E-state index contributed by atoms with van der Waals surface area (Å²) in [4.78, 5) is 5.98. The minimum Gasteiger partial charge on any atom is -0.373 e. The van der Waals surface area contributed by atoms with E-state index in [0.717, 1.165) is 17.4 Å². The molecule has 106 valence electrons. The van der Waals surface area contributed by atoms with Gasteiger partial charge in [0.05, 0.1) is 23.6 Å².